The van der Waals surface area contributed by atoms with Crippen LogP contribution >= 0.6 is 15.9 Å². The Morgan fingerprint density at radius 1 is 1.20 bits per heavy atom. The van der Waals surface area contributed by atoms with Crippen molar-refractivity contribution in [2.75, 3.05) is 26.2 Å². The average Bonchev–Trinajstić information content (AvgIpc) is 2.98. The second-order valence-electron chi connectivity index (χ2n) is 5.84. The molecule has 0 bridgehead atoms. The Morgan fingerprint density at radius 2 is 1.90 bits per heavy atom. The SMILES string of the molecule is O=C(N1CCNCC1)C1(c2cccc(Br)c2)CCCC1. The van der Waals surface area contributed by atoms with Crippen LogP contribution in [-0.4, -0.2) is 37.0 Å². The molecule has 0 spiro atoms. The van der Waals surface area contributed by atoms with Crippen LogP contribution in [0.2, 0.25) is 0 Å². The fourth-order valence-electron chi connectivity index (χ4n) is 3.56. The van der Waals surface area contributed by atoms with E-state index < -0.39 is 0 Å². The lowest BCUT2D eigenvalue weighted by molar-refractivity contribution is -0.138. The summed E-state index contributed by atoms with van der Waals surface area (Å²) in [7, 11) is 0. The van der Waals surface area contributed by atoms with E-state index in [1.807, 2.05) is 12.1 Å². The van der Waals surface area contributed by atoms with Crippen molar-refractivity contribution in [1.82, 2.24) is 10.2 Å². The van der Waals surface area contributed by atoms with Gasteiger partial charge in [0.05, 0.1) is 5.41 Å². The normalized spacial score (nSPS) is 21.9. The first-order valence-corrected chi connectivity index (χ1v) is 8.28. The number of nitrogens with zero attached hydrogens (tertiary/aromatic N) is 1. The van der Waals surface area contributed by atoms with Gasteiger partial charge in [-0.05, 0) is 30.5 Å². The summed E-state index contributed by atoms with van der Waals surface area (Å²) in [6.45, 7) is 3.52. The van der Waals surface area contributed by atoms with Gasteiger partial charge >= 0.3 is 0 Å². The molecule has 1 saturated heterocycles. The maximum atomic E-state index is 13.1. The molecule has 0 aromatic heterocycles. The van der Waals surface area contributed by atoms with E-state index in [0.29, 0.717) is 5.91 Å². The summed E-state index contributed by atoms with van der Waals surface area (Å²) in [5.74, 6) is 0.342. The predicted molar refractivity (Wildman–Crippen MR) is 83.7 cm³/mol. The van der Waals surface area contributed by atoms with Crippen LogP contribution in [0.4, 0.5) is 0 Å². The fourth-order valence-corrected chi connectivity index (χ4v) is 3.96. The van der Waals surface area contributed by atoms with Gasteiger partial charge in [0.15, 0.2) is 0 Å². The second-order valence-corrected chi connectivity index (χ2v) is 6.76. The fraction of sp³-hybridized carbons (Fsp3) is 0.562. The zero-order valence-electron chi connectivity index (χ0n) is 11.7. The maximum Gasteiger partial charge on any atom is 0.233 e. The Labute approximate surface area is 128 Å². The van der Waals surface area contributed by atoms with E-state index in [9.17, 15) is 4.79 Å². The van der Waals surface area contributed by atoms with Crippen LogP contribution in [-0.2, 0) is 10.2 Å². The predicted octanol–water partition coefficient (Wildman–Crippen LogP) is 2.69. The molecule has 1 aliphatic carbocycles. The van der Waals surface area contributed by atoms with E-state index in [2.05, 4.69) is 38.3 Å². The number of hydrogen-bond donors (Lipinski definition) is 1. The molecular formula is C16H21BrN2O. The second kappa shape index (κ2) is 5.86. The quantitative estimate of drug-likeness (QED) is 0.900. The van der Waals surface area contributed by atoms with Gasteiger partial charge in [-0.15, -0.1) is 0 Å². The molecule has 1 aliphatic heterocycles. The molecule has 1 aromatic rings. The number of carbonyl (C=O) groups excluding carboxylic acids is 1. The number of benzene rings is 1. The third-order valence-electron chi connectivity index (χ3n) is 4.65. The van der Waals surface area contributed by atoms with E-state index in [1.165, 1.54) is 5.56 Å². The third-order valence-corrected chi connectivity index (χ3v) is 5.14. The molecule has 1 amide bonds. The molecule has 3 nitrogen and oxygen atoms in total. The van der Waals surface area contributed by atoms with E-state index >= 15 is 0 Å². The molecule has 0 radical (unpaired) electrons. The van der Waals surface area contributed by atoms with Gasteiger partial charge in [0.2, 0.25) is 5.91 Å². The minimum atomic E-state index is -0.277. The van der Waals surface area contributed by atoms with E-state index in [1.54, 1.807) is 0 Å². The summed E-state index contributed by atoms with van der Waals surface area (Å²) < 4.78 is 1.06. The molecule has 108 valence electrons. The van der Waals surface area contributed by atoms with Gasteiger partial charge in [0.1, 0.15) is 0 Å². The minimum Gasteiger partial charge on any atom is -0.339 e. The lowest BCUT2D eigenvalue weighted by atomic mass is 9.77. The van der Waals surface area contributed by atoms with Crippen molar-refractivity contribution in [3.05, 3.63) is 34.3 Å². The number of piperazine rings is 1. The monoisotopic (exact) mass is 336 g/mol. The Morgan fingerprint density at radius 3 is 2.55 bits per heavy atom. The van der Waals surface area contributed by atoms with Gasteiger partial charge in [-0.2, -0.15) is 0 Å². The largest absolute Gasteiger partial charge is 0.339 e. The Kier molecular flexibility index (Phi) is 4.13. The van der Waals surface area contributed by atoms with Gasteiger partial charge < -0.3 is 10.2 Å². The highest BCUT2D eigenvalue weighted by molar-refractivity contribution is 9.10. The number of halogens is 1. The summed E-state index contributed by atoms with van der Waals surface area (Å²) in [6, 6.07) is 8.33. The van der Waals surface area contributed by atoms with E-state index in [0.717, 1.165) is 56.3 Å². The molecule has 1 aromatic carbocycles. The highest BCUT2D eigenvalue weighted by atomic mass is 79.9. The zero-order valence-corrected chi connectivity index (χ0v) is 13.3. The number of amides is 1. The number of hydrogen-bond acceptors (Lipinski definition) is 2. The lowest BCUT2D eigenvalue weighted by Gasteiger charge is -2.37. The third kappa shape index (κ3) is 2.51. The maximum absolute atomic E-state index is 13.1. The van der Waals surface area contributed by atoms with Gasteiger partial charge in [-0.1, -0.05) is 40.9 Å². The number of rotatable bonds is 2. The van der Waals surface area contributed by atoms with Crippen molar-refractivity contribution in [3.63, 3.8) is 0 Å². The van der Waals surface area contributed by atoms with Crippen LogP contribution in [0.1, 0.15) is 31.2 Å². The highest BCUT2D eigenvalue weighted by Gasteiger charge is 2.45. The highest BCUT2D eigenvalue weighted by Crippen LogP contribution is 2.43. The number of nitrogens with one attached hydrogen (secondary N) is 1. The first-order chi connectivity index (χ1) is 9.72. The van der Waals surface area contributed by atoms with Crippen LogP contribution in [0.5, 0.6) is 0 Å². The molecule has 1 heterocycles. The summed E-state index contributed by atoms with van der Waals surface area (Å²) in [4.78, 5) is 15.2. The topological polar surface area (TPSA) is 32.3 Å². The van der Waals surface area contributed by atoms with Crippen LogP contribution in [0.3, 0.4) is 0 Å². The van der Waals surface area contributed by atoms with Crippen molar-refractivity contribution in [3.8, 4) is 0 Å². The van der Waals surface area contributed by atoms with Crippen molar-refractivity contribution in [2.45, 2.75) is 31.1 Å². The van der Waals surface area contributed by atoms with Crippen LogP contribution in [0.15, 0.2) is 28.7 Å². The average molecular weight is 337 g/mol. The molecular weight excluding hydrogens is 316 g/mol. The molecule has 0 unspecified atom stereocenters. The molecule has 2 aliphatic rings. The molecule has 4 heteroatoms. The smallest absolute Gasteiger partial charge is 0.233 e. The van der Waals surface area contributed by atoms with Gasteiger partial charge in [0, 0.05) is 30.7 Å². The van der Waals surface area contributed by atoms with Crippen molar-refractivity contribution < 1.29 is 4.79 Å². The summed E-state index contributed by atoms with van der Waals surface area (Å²) in [6.07, 6.45) is 4.30. The molecule has 20 heavy (non-hydrogen) atoms. The van der Waals surface area contributed by atoms with Gasteiger partial charge in [0.25, 0.3) is 0 Å². The van der Waals surface area contributed by atoms with Gasteiger partial charge in [-0.25, -0.2) is 0 Å². The van der Waals surface area contributed by atoms with Crippen molar-refractivity contribution in [2.24, 2.45) is 0 Å². The summed E-state index contributed by atoms with van der Waals surface area (Å²) in [5.41, 5.74) is 0.911. The zero-order chi connectivity index (χ0) is 14.0. The standard InChI is InChI=1S/C16H21BrN2O/c17-14-5-3-4-13(12-14)16(6-1-2-7-16)15(20)19-10-8-18-9-11-19/h3-5,12,18H,1-2,6-11H2. The Balaban J connectivity index is 1.93. The number of carbonyl (C=O) groups is 1. The minimum absolute atomic E-state index is 0.277. The Bertz CT molecular complexity index is 491. The van der Waals surface area contributed by atoms with E-state index in [-0.39, 0.29) is 5.41 Å². The molecule has 0 atom stereocenters. The molecule has 3 rings (SSSR count). The van der Waals surface area contributed by atoms with Crippen LogP contribution in [0.25, 0.3) is 0 Å². The molecule has 1 saturated carbocycles. The van der Waals surface area contributed by atoms with Gasteiger partial charge in [-0.3, -0.25) is 4.79 Å². The lowest BCUT2D eigenvalue weighted by Crippen LogP contribution is -2.52. The van der Waals surface area contributed by atoms with Crippen molar-refractivity contribution >= 4 is 21.8 Å². The first kappa shape index (κ1) is 14.1. The first-order valence-electron chi connectivity index (χ1n) is 7.48. The van der Waals surface area contributed by atoms with Crippen LogP contribution < -0.4 is 5.32 Å². The molecule has 1 N–H and O–H groups in total. The van der Waals surface area contributed by atoms with Crippen LogP contribution in [0, 0.1) is 0 Å². The van der Waals surface area contributed by atoms with Crippen molar-refractivity contribution in [1.29, 1.82) is 0 Å². The summed E-state index contributed by atoms with van der Waals surface area (Å²) in [5, 5.41) is 3.32. The Hall–Kier alpha value is -0.870. The summed E-state index contributed by atoms with van der Waals surface area (Å²) >= 11 is 3.54. The van der Waals surface area contributed by atoms with E-state index in [4.69, 9.17) is 0 Å². The molecule has 2 fully saturated rings.